The second-order valence-corrected chi connectivity index (χ2v) is 8.90. The van der Waals surface area contributed by atoms with Crippen LogP contribution in [0.1, 0.15) is 33.1 Å². The molecule has 5 heterocycles. The highest BCUT2D eigenvalue weighted by Crippen LogP contribution is 2.31. The maximum Gasteiger partial charge on any atom is 0.225 e. The monoisotopic (exact) mass is 485 g/mol. The Bertz CT molecular complexity index is 1240. The largest absolute Gasteiger partial charge is 0.356 e. The van der Waals surface area contributed by atoms with E-state index in [1.165, 1.54) is 19.3 Å². The molecule has 2 aliphatic rings. The molecule has 9 nitrogen and oxygen atoms in total. The first-order valence-corrected chi connectivity index (χ1v) is 13.1. The number of aromatic amines is 1. The van der Waals surface area contributed by atoms with Crippen LogP contribution in [0.4, 0.5) is 23.1 Å². The lowest BCUT2D eigenvalue weighted by Gasteiger charge is -2.27. The molecule has 0 spiro atoms. The standard InChI is InChI=1S/C25H29N9.C2H6/c1-2-10-33(11-3-1)24-21-14-22(32-23(21)29-17-30-24)18-4-6-19(7-5-18)31-20-15-27-25(28-16-20)34-12-8-26-9-13-34;1-2/h4-7,14-17,26,31H,1-3,8-13H2,(H,29,30,32);1-2H3. The summed E-state index contributed by atoms with van der Waals surface area (Å²) in [5, 5.41) is 7.83. The number of nitrogens with one attached hydrogen (secondary N) is 3. The van der Waals surface area contributed by atoms with E-state index in [9.17, 15) is 0 Å². The summed E-state index contributed by atoms with van der Waals surface area (Å²) in [5.74, 6) is 1.82. The normalized spacial score (nSPS) is 15.9. The van der Waals surface area contributed by atoms with Crippen LogP contribution in [0, 0.1) is 0 Å². The fraction of sp³-hybridized carbons (Fsp3) is 0.407. The zero-order valence-corrected chi connectivity index (χ0v) is 21.2. The third-order valence-electron chi connectivity index (χ3n) is 6.58. The first-order chi connectivity index (χ1) is 17.8. The Morgan fingerprint density at radius 3 is 2.22 bits per heavy atom. The number of rotatable bonds is 5. The number of anilines is 4. The molecule has 36 heavy (non-hydrogen) atoms. The molecule has 0 amide bonds. The van der Waals surface area contributed by atoms with Crippen molar-refractivity contribution in [2.24, 2.45) is 0 Å². The Balaban J connectivity index is 0.00000130. The van der Waals surface area contributed by atoms with Gasteiger partial charge >= 0.3 is 0 Å². The van der Waals surface area contributed by atoms with Crippen molar-refractivity contribution in [2.75, 3.05) is 54.4 Å². The van der Waals surface area contributed by atoms with E-state index in [-0.39, 0.29) is 0 Å². The fourth-order valence-corrected chi connectivity index (χ4v) is 4.75. The van der Waals surface area contributed by atoms with Gasteiger partial charge in [0.1, 0.15) is 17.8 Å². The average molecular weight is 486 g/mol. The van der Waals surface area contributed by atoms with Gasteiger partial charge in [-0.3, -0.25) is 0 Å². The molecular formula is C27H35N9. The molecule has 0 radical (unpaired) electrons. The third-order valence-corrected chi connectivity index (χ3v) is 6.58. The number of fused-ring (bicyclic) bond motifs is 1. The van der Waals surface area contributed by atoms with Crippen molar-refractivity contribution in [3.05, 3.63) is 49.1 Å². The molecule has 2 fully saturated rings. The molecule has 3 N–H and O–H groups in total. The van der Waals surface area contributed by atoms with Crippen LogP contribution < -0.4 is 20.4 Å². The van der Waals surface area contributed by atoms with Crippen molar-refractivity contribution in [3.63, 3.8) is 0 Å². The van der Waals surface area contributed by atoms with Gasteiger partial charge in [-0.15, -0.1) is 0 Å². The minimum absolute atomic E-state index is 0.785. The summed E-state index contributed by atoms with van der Waals surface area (Å²) in [6, 6.07) is 10.5. The van der Waals surface area contributed by atoms with Crippen molar-refractivity contribution in [1.82, 2.24) is 30.2 Å². The summed E-state index contributed by atoms with van der Waals surface area (Å²) in [7, 11) is 0. The number of benzene rings is 1. The van der Waals surface area contributed by atoms with E-state index in [0.29, 0.717) is 0 Å². The summed E-state index contributed by atoms with van der Waals surface area (Å²) < 4.78 is 0. The van der Waals surface area contributed by atoms with Crippen LogP contribution in [0.3, 0.4) is 0 Å². The molecule has 4 aromatic rings. The number of hydrogen-bond donors (Lipinski definition) is 3. The van der Waals surface area contributed by atoms with Gasteiger partial charge in [0.25, 0.3) is 0 Å². The van der Waals surface area contributed by atoms with Gasteiger partial charge in [0.2, 0.25) is 5.95 Å². The van der Waals surface area contributed by atoms with E-state index < -0.39 is 0 Å². The lowest BCUT2D eigenvalue weighted by molar-refractivity contribution is 0.574. The Labute approximate surface area is 212 Å². The zero-order valence-electron chi connectivity index (χ0n) is 21.2. The molecule has 188 valence electrons. The summed E-state index contributed by atoms with van der Waals surface area (Å²) >= 11 is 0. The lowest BCUT2D eigenvalue weighted by atomic mass is 10.1. The highest BCUT2D eigenvalue weighted by molar-refractivity contribution is 5.92. The third kappa shape index (κ3) is 5.26. The van der Waals surface area contributed by atoms with Crippen molar-refractivity contribution < 1.29 is 0 Å². The maximum absolute atomic E-state index is 4.60. The Kier molecular flexibility index (Phi) is 7.56. The van der Waals surface area contributed by atoms with Gasteiger partial charge in [0.05, 0.1) is 23.5 Å². The molecule has 0 atom stereocenters. The fourth-order valence-electron chi connectivity index (χ4n) is 4.75. The molecular weight excluding hydrogens is 450 g/mol. The highest BCUT2D eigenvalue weighted by atomic mass is 15.3. The first kappa shape index (κ1) is 24.0. The highest BCUT2D eigenvalue weighted by Gasteiger charge is 2.17. The van der Waals surface area contributed by atoms with Gasteiger partial charge in [0.15, 0.2) is 0 Å². The van der Waals surface area contributed by atoms with E-state index >= 15 is 0 Å². The zero-order chi connectivity index (χ0) is 24.7. The Morgan fingerprint density at radius 1 is 0.778 bits per heavy atom. The van der Waals surface area contributed by atoms with E-state index in [0.717, 1.165) is 84.7 Å². The molecule has 0 aliphatic carbocycles. The molecule has 0 bridgehead atoms. The summed E-state index contributed by atoms with van der Waals surface area (Å²) in [6.07, 6.45) is 9.10. The summed E-state index contributed by atoms with van der Waals surface area (Å²) in [4.78, 5) is 26.2. The van der Waals surface area contributed by atoms with E-state index in [1.54, 1.807) is 6.33 Å². The molecule has 9 heteroatoms. The minimum atomic E-state index is 0.785. The molecule has 0 saturated carbocycles. The van der Waals surface area contributed by atoms with Crippen molar-refractivity contribution in [2.45, 2.75) is 33.1 Å². The van der Waals surface area contributed by atoms with Crippen LogP contribution in [0.25, 0.3) is 22.3 Å². The van der Waals surface area contributed by atoms with Gasteiger partial charge in [-0.05, 0) is 43.0 Å². The number of nitrogens with zero attached hydrogens (tertiary/aromatic N) is 6. The smallest absolute Gasteiger partial charge is 0.225 e. The van der Waals surface area contributed by atoms with Gasteiger partial charge in [-0.2, -0.15) is 0 Å². The van der Waals surface area contributed by atoms with Crippen LogP contribution in [-0.4, -0.2) is 64.2 Å². The topological polar surface area (TPSA) is 97.9 Å². The van der Waals surface area contributed by atoms with Crippen LogP contribution in [0.5, 0.6) is 0 Å². The van der Waals surface area contributed by atoms with E-state index in [1.807, 2.05) is 26.2 Å². The van der Waals surface area contributed by atoms with Crippen molar-refractivity contribution >= 4 is 34.2 Å². The predicted molar refractivity (Wildman–Crippen MR) is 147 cm³/mol. The van der Waals surface area contributed by atoms with Crippen molar-refractivity contribution in [1.29, 1.82) is 0 Å². The number of H-pyrrole nitrogens is 1. The van der Waals surface area contributed by atoms with Crippen LogP contribution in [0.2, 0.25) is 0 Å². The van der Waals surface area contributed by atoms with Gasteiger partial charge in [-0.25, -0.2) is 19.9 Å². The second-order valence-electron chi connectivity index (χ2n) is 8.90. The quantitative estimate of drug-likeness (QED) is 0.378. The lowest BCUT2D eigenvalue weighted by Crippen LogP contribution is -2.44. The SMILES string of the molecule is CC.c1nc(N2CCCCC2)c2cc(-c3ccc(Nc4cnc(N5CCNCC5)nc4)cc3)[nH]c2n1. The van der Waals surface area contributed by atoms with Crippen LogP contribution in [0.15, 0.2) is 49.1 Å². The first-order valence-electron chi connectivity index (χ1n) is 13.1. The van der Waals surface area contributed by atoms with E-state index in [4.69, 9.17) is 0 Å². The summed E-state index contributed by atoms with van der Waals surface area (Å²) in [5.41, 5.74) is 4.91. The van der Waals surface area contributed by atoms with Gasteiger partial charge < -0.3 is 25.4 Å². The molecule has 2 aliphatic heterocycles. The maximum atomic E-state index is 4.60. The predicted octanol–water partition coefficient (Wildman–Crippen LogP) is 4.58. The molecule has 0 unspecified atom stereocenters. The Morgan fingerprint density at radius 2 is 1.50 bits per heavy atom. The number of hydrogen-bond acceptors (Lipinski definition) is 8. The van der Waals surface area contributed by atoms with Crippen molar-refractivity contribution in [3.8, 4) is 11.3 Å². The molecule has 6 rings (SSSR count). The van der Waals surface area contributed by atoms with Gasteiger partial charge in [-0.1, -0.05) is 26.0 Å². The van der Waals surface area contributed by atoms with Crippen LogP contribution in [-0.2, 0) is 0 Å². The van der Waals surface area contributed by atoms with E-state index in [2.05, 4.69) is 75.7 Å². The molecule has 1 aromatic carbocycles. The number of aromatic nitrogens is 5. The molecule has 2 saturated heterocycles. The average Bonchev–Trinajstić information content (AvgIpc) is 3.41. The summed E-state index contributed by atoms with van der Waals surface area (Å²) in [6.45, 7) is 9.94. The van der Waals surface area contributed by atoms with Crippen LogP contribution >= 0.6 is 0 Å². The minimum Gasteiger partial charge on any atom is -0.356 e. The Hall–Kier alpha value is -3.72. The number of piperazine rings is 1. The molecule has 3 aromatic heterocycles. The second kappa shape index (κ2) is 11.3. The van der Waals surface area contributed by atoms with Gasteiger partial charge in [0, 0.05) is 50.6 Å². The number of piperidine rings is 1.